The standard InChI is InChI=1S/C30H31ClN6O.3ClH/c1-3-13-35-15-17-36(18-16-35)14-12-32-30(38)23-7-5-8-26(20-23)37-28-11-10-25(19-24(28)21-33-37)34-27-9-4-6-22(2)29(27)31;;;/h1,4-11,19-21,34H,12-18H2,2H3,(H,32,38);3*1H. The van der Waals surface area contributed by atoms with Crippen molar-refractivity contribution in [2.24, 2.45) is 0 Å². The third-order valence-corrected chi connectivity index (χ3v) is 7.39. The molecule has 4 aromatic rings. The molecular formula is C30H34Cl4N6O. The number of aromatic nitrogens is 2. The Labute approximate surface area is 264 Å². The Morgan fingerprint density at radius 1 is 1.00 bits per heavy atom. The van der Waals surface area contributed by atoms with Crippen molar-refractivity contribution in [2.75, 3.05) is 51.1 Å². The minimum Gasteiger partial charge on any atom is -0.354 e. The zero-order valence-electron chi connectivity index (χ0n) is 22.7. The Balaban J connectivity index is 0.00000196. The number of nitrogens with zero attached hydrogens (tertiary/aromatic N) is 4. The van der Waals surface area contributed by atoms with Gasteiger partial charge >= 0.3 is 0 Å². The maximum atomic E-state index is 12.9. The quantitative estimate of drug-likeness (QED) is 0.233. The van der Waals surface area contributed by atoms with Crippen LogP contribution in [0.15, 0.2) is 66.9 Å². The van der Waals surface area contributed by atoms with Gasteiger partial charge in [0.15, 0.2) is 0 Å². The Kier molecular flexibility index (Phi) is 13.3. The lowest BCUT2D eigenvalue weighted by Crippen LogP contribution is -2.48. The van der Waals surface area contributed by atoms with Crippen LogP contribution in [0.25, 0.3) is 16.6 Å². The molecule has 0 bridgehead atoms. The number of nitrogens with one attached hydrogen (secondary N) is 2. The molecule has 2 heterocycles. The Morgan fingerprint density at radius 3 is 2.49 bits per heavy atom. The zero-order valence-corrected chi connectivity index (χ0v) is 25.9. The van der Waals surface area contributed by atoms with Crippen molar-refractivity contribution in [2.45, 2.75) is 6.92 Å². The minimum atomic E-state index is -0.0872. The summed E-state index contributed by atoms with van der Waals surface area (Å²) >= 11 is 6.45. The highest BCUT2D eigenvalue weighted by atomic mass is 35.5. The number of carbonyl (C=O) groups is 1. The van der Waals surface area contributed by atoms with Crippen molar-refractivity contribution in [3.63, 3.8) is 0 Å². The molecule has 218 valence electrons. The topological polar surface area (TPSA) is 65.4 Å². The molecule has 0 unspecified atom stereocenters. The Bertz CT molecular complexity index is 1490. The summed E-state index contributed by atoms with van der Waals surface area (Å²) in [5.41, 5.74) is 5.20. The number of anilines is 2. The van der Waals surface area contributed by atoms with Crippen LogP contribution in [0.5, 0.6) is 0 Å². The van der Waals surface area contributed by atoms with Gasteiger partial charge in [0.25, 0.3) is 5.91 Å². The summed E-state index contributed by atoms with van der Waals surface area (Å²) in [6.07, 6.45) is 7.24. The molecule has 11 heteroatoms. The van der Waals surface area contributed by atoms with Crippen molar-refractivity contribution in [1.29, 1.82) is 0 Å². The van der Waals surface area contributed by atoms with Gasteiger partial charge < -0.3 is 10.6 Å². The molecule has 1 aliphatic rings. The van der Waals surface area contributed by atoms with Crippen LogP contribution in [-0.2, 0) is 0 Å². The summed E-state index contributed by atoms with van der Waals surface area (Å²) in [6.45, 7) is 7.98. The predicted octanol–water partition coefficient (Wildman–Crippen LogP) is 5.98. The van der Waals surface area contributed by atoms with E-state index in [0.29, 0.717) is 23.7 Å². The molecule has 0 spiro atoms. The number of piperazine rings is 1. The average molecular weight is 636 g/mol. The van der Waals surface area contributed by atoms with Crippen LogP contribution < -0.4 is 10.6 Å². The Morgan fingerprint density at radius 2 is 1.73 bits per heavy atom. The highest BCUT2D eigenvalue weighted by molar-refractivity contribution is 6.34. The molecule has 0 radical (unpaired) electrons. The van der Waals surface area contributed by atoms with Crippen LogP contribution in [0, 0.1) is 19.3 Å². The number of hydrogen-bond acceptors (Lipinski definition) is 5. The molecule has 1 aromatic heterocycles. The van der Waals surface area contributed by atoms with Gasteiger partial charge in [-0.25, -0.2) is 4.68 Å². The van der Waals surface area contributed by atoms with Gasteiger partial charge in [0, 0.05) is 55.9 Å². The molecule has 5 rings (SSSR count). The van der Waals surface area contributed by atoms with Crippen molar-refractivity contribution >= 4 is 77.0 Å². The second-order valence-electron chi connectivity index (χ2n) is 9.52. The molecular weight excluding hydrogens is 602 g/mol. The van der Waals surface area contributed by atoms with Crippen LogP contribution in [-0.4, -0.2) is 71.3 Å². The van der Waals surface area contributed by atoms with Crippen LogP contribution >= 0.6 is 48.8 Å². The van der Waals surface area contributed by atoms with Crippen LogP contribution in [0.1, 0.15) is 15.9 Å². The third-order valence-electron chi connectivity index (χ3n) is 6.89. The minimum absolute atomic E-state index is 0. The second kappa shape index (κ2) is 15.9. The summed E-state index contributed by atoms with van der Waals surface area (Å²) < 4.78 is 1.85. The van der Waals surface area contributed by atoms with Crippen LogP contribution in [0.2, 0.25) is 5.02 Å². The molecule has 0 atom stereocenters. The number of terminal acetylenes is 1. The van der Waals surface area contributed by atoms with E-state index in [1.54, 1.807) is 0 Å². The maximum absolute atomic E-state index is 12.9. The normalized spacial score (nSPS) is 13.3. The van der Waals surface area contributed by atoms with Crippen molar-refractivity contribution in [3.8, 4) is 18.0 Å². The van der Waals surface area contributed by atoms with Gasteiger partial charge in [-0.15, -0.1) is 43.6 Å². The highest BCUT2D eigenvalue weighted by Crippen LogP contribution is 2.30. The number of benzene rings is 3. The predicted molar refractivity (Wildman–Crippen MR) is 176 cm³/mol. The first-order valence-electron chi connectivity index (χ1n) is 12.8. The first-order chi connectivity index (χ1) is 18.5. The fourth-order valence-electron chi connectivity index (χ4n) is 4.72. The molecule has 2 N–H and O–H groups in total. The van der Waals surface area contributed by atoms with Gasteiger partial charge in [-0.05, 0) is 55.0 Å². The van der Waals surface area contributed by atoms with E-state index < -0.39 is 0 Å². The molecule has 1 amide bonds. The summed E-state index contributed by atoms with van der Waals surface area (Å²) in [5, 5.41) is 12.7. The molecule has 1 fully saturated rings. The number of aryl methyl sites for hydroxylation is 1. The van der Waals surface area contributed by atoms with Crippen molar-refractivity contribution in [1.82, 2.24) is 24.9 Å². The molecule has 0 saturated carbocycles. The van der Waals surface area contributed by atoms with Crippen molar-refractivity contribution < 1.29 is 4.79 Å². The molecule has 41 heavy (non-hydrogen) atoms. The van der Waals surface area contributed by atoms with Gasteiger partial charge in [-0.3, -0.25) is 14.6 Å². The first kappa shape index (κ1) is 34.2. The van der Waals surface area contributed by atoms with E-state index in [4.69, 9.17) is 18.0 Å². The molecule has 1 saturated heterocycles. The van der Waals surface area contributed by atoms with E-state index >= 15 is 0 Å². The highest BCUT2D eigenvalue weighted by Gasteiger charge is 2.16. The number of amides is 1. The van der Waals surface area contributed by atoms with E-state index in [-0.39, 0.29) is 43.1 Å². The fraction of sp³-hybridized carbons (Fsp3) is 0.267. The first-order valence-corrected chi connectivity index (χ1v) is 13.2. The smallest absolute Gasteiger partial charge is 0.251 e. The van der Waals surface area contributed by atoms with E-state index in [2.05, 4.69) is 31.5 Å². The van der Waals surface area contributed by atoms with Gasteiger partial charge in [0.1, 0.15) is 0 Å². The van der Waals surface area contributed by atoms with Crippen molar-refractivity contribution in [3.05, 3.63) is 83.0 Å². The van der Waals surface area contributed by atoms with Gasteiger partial charge in [-0.2, -0.15) is 5.10 Å². The fourth-order valence-corrected chi connectivity index (χ4v) is 4.90. The lowest BCUT2D eigenvalue weighted by Gasteiger charge is -2.33. The number of halogens is 4. The lowest BCUT2D eigenvalue weighted by atomic mass is 10.1. The largest absolute Gasteiger partial charge is 0.354 e. The second-order valence-corrected chi connectivity index (χ2v) is 9.90. The van der Waals surface area contributed by atoms with Gasteiger partial charge in [0.05, 0.1) is 34.7 Å². The summed E-state index contributed by atoms with van der Waals surface area (Å²) in [7, 11) is 0. The molecule has 7 nitrogen and oxygen atoms in total. The maximum Gasteiger partial charge on any atom is 0.251 e. The number of fused-ring (bicyclic) bond motifs is 1. The number of carbonyl (C=O) groups excluding carboxylic acids is 1. The van der Waals surface area contributed by atoms with E-state index in [9.17, 15) is 4.79 Å². The average Bonchev–Trinajstić information content (AvgIpc) is 3.36. The Hall–Kier alpha value is -2.96. The SMILES string of the molecule is C#CCN1CCN(CCNC(=O)c2cccc(-n3ncc4cc(Nc5cccc(C)c5Cl)ccc43)c2)CC1.Cl.Cl.Cl. The van der Waals surface area contributed by atoms with Crippen LogP contribution in [0.3, 0.4) is 0 Å². The molecule has 0 aliphatic carbocycles. The monoisotopic (exact) mass is 634 g/mol. The molecule has 1 aliphatic heterocycles. The van der Waals surface area contributed by atoms with E-state index in [1.165, 1.54) is 0 Å². The lowest BCUT2D eigenvalue weighted by molar-refractivity contribution is 0.0939. The molecule has 3 aromatic carbocycles. The third kappa shape index (κ3) is 8.30. The van der Waals surface area contributed by atoms with E-state index in [0.717, 1.165) is 66.3 Å². The zero-order chi connectivity index (χ0) is 26.5. The van der Waals surface area contributed by atoms with Gasteiger partial charge in [-0.1, -0.05) is 35.7 Å². The van der Waals surface area contributed by atoms with E-state index in [1.807, 2.05) is 78.5 Å². The van der Waals surface area contributed by atoms with Gasteiger partial charge in [0.2, 0.25) is 0 Å². The summed E-state index contributed by atoms with van der Waals surface area (Å²) in [5.74, 6) is 2.62. The number of hydrogen-bond donors (Lipinski definition) is 2. The summed E-state index contributed by atoms with van der Waals surface area (Å²) in [4.78, 5) is 17.5. The number of rotatable bonds is 8. The summed E-state index contributed by atoms with van der Waals surface area (Å²) in [6, 6.07) is 19.5. The van der Waals surface area contributed by atoms with Crippen LogP contribution in [0.4, 0.5) is 11.4 Å².